The van der Waals surface area contributed by atoms with Crippen molar-refractivity contribution >= 4 is 11.7 Å². The maximum absolute atomic E-state index is 12.6. The number of unbranched alkanes of at least 4 members (excludes halogenated alkanes) is 1. The number of Topliss-reactive ketones (excluding diaryl/α,β-unsaturated/α-hetero) is 1. The van der Waals surface area contributed by atoms with Gasteiger partial charge in [0.25, 0.3) is 0 Å². The number of fused-ring (bicyclic) bond motifs is 1. The van der Waals surface area contributed by atoms with Gasteiger partial charge in [0.05, 0.1) is 11.3 Å². The Balaban J connectivity index is 1.79. The average molecular weight is 351 g/mol. The fourth-order valence-corrected chi connectivity index (χ4v) is 3.40. The number of rotatable bonds is 5. The van der Waals surface area contributed by atoms with Crippen molar-refractivity contribution in [1.29, 1.82) is 0 Å². The molecule has 1 aliphatic rings. The highest BCUT2D eigenvalue weighted by molar-refractivity contribution is 5.98. The molecule has 0 spiro atoms. The van der Waals surface area contributed by atoms with Crippen LogP contribution in [-0.4, -0.2) is 22.3 Å². The summed E-state index contributed by atoms with van der Waals surface area (Å²) in [4.78, 5) is 21.5. The first-order valence-electron chi connectivity index (χ1n) is 9.62. The lowest BCUT2D eigenvalue weighted by molar-refractivity contribution is 0.0962. The third-order valence-electron chi connectivity index (χ3n) is 5.10. The minimum atomic E-state index is 0.139. The van der Waals surface area contributed by atoms with Gasteiger partial charge in [-0.2, -0.15) is 0 Å². The first-order valence-corrected chi connectivity index (χ1v) is 9.62. The van der Waals surface area contributed by atoms with Crippen molar-refractivity contribution in [1.82, 2.24) is 9.97 Å². The van der Waals surface area contributed by atoms with Crippen LogP contribution in [-0.2, 0) is 11.8 Å². The Morgan fingerprint density at radius 1 is 1.15 bits per heavy atom. The molecule has 3 rings (SSSR count). The summed E-state index contributed by atoms with van der Waals surface area (Å²) in [6.45, 7) is 9.66. The lowest BCUT2D eigenvalue weighted by Gasteiger charge is -2.25. The molecule has 1 atom stereocenters. The average Bonchev–Trinajstić information content (AvgIpc) is 2.61. The van der Waals surface area contributed by atoms with Gasteiger partial charge < -0.3 is 5.32 Å². The second kappa shape index (κ2) is 7.56. The van der Waals surface area contributed by atoms with E-state index in [-0.39, 0.29) is 17.1 Å². The number of nitrogens with one attached hydrogen (secondary N) is 1. The molecule has 0 fully saturated rings. The van der Waals surface area contributed by atoms with E-state index in [4.69, 9.17) is 0 Å². The van der Waals surface area contributed by atoms with Crippen molar-refractivity contribution in [2.75, 3.05) is 11.9 Å². The summed E-state index contributed by atoms with van der Waals surface area (Å²) in [6, 6.07) is 8.72. The molecule has 26 heavy (non-hydrogen) atoms. The Morgan fingerprint density at radius 3 is 2.54 bits per heavy atom. The molecule has 1 heterocycles. The molecule has 1 aliphatic carbocycles. The molecule has 1 aromatic carbocycles. The molecule has 0 saturated heterocycles. The number of ketones is 1. The van der Waals surface area contributed by atoms with Crippen molar-refractivity contribution in [3.8, 4) is 0 Å². The van der Waals surface area contributed by atoms with E-state index < -0.39 is 0 Å². The second-order valence-corrected chi connectivity index (χ2v) is 8.23. The number of benzene rings is 1. The van der Waals surface area contributed by atoms with Crippen molar-refractivity contribution < 1.29 is 4.79 Å². The zero-order valence-corrected chi connectivity index (χ0v) is 16.3. The van der Waals surface area contributed by atoms with Crippen LogP contribution in [0, 0.1) is 0 Å². The zero-order chi connectivity index (χ0) is 18.7. The Kier molecular flexibility index (Phi) is 5.40. The molecule has 1 N–H and O–H groups in total. The van der Waals surface area contributed by atoms with Gasteiger partial charge in [-0.05, 0) is 35.3 Å². The summed E-state index contributed by atoms with van der Waals surface area (Å²) in [7, 11) is 0. The van der Waals surface area contributed by atoms with Gasteiger partial charge in [0, 0.05) is 19.2 Å². The maximum Gasteiger partial charge on any atom is 0.222 e. The normalized spacial score (nSPS) is 17.1. The number of hydrogen-bond donors (Lipinski definition) is 1. The standard InChI is InChI=1S/C22H29N3O/c1-5-6-11-23-21-24-14-18-19(25-21)12-16(13-20(18)26)15-7-9-17(10-8-15)22(2,3)4/h7-10,14,16H,5-6,11-13H2,1-4H3,(H,23,24,25). The van der Waals surface area contributed by atoms with Gasteiger partial charge >= 0.3 is 0 Å². The Morgan fingerprint density at radius 2 is 1.88 bits per heavy atom. The highest BCUT2D eigenvalue weighted by Gasteiger charge is 2.28. The molecule has 0 radical (unpaired) electrons. The summed E-state index contributed by atoms with van der Waals surface area (Å²) in [5.74, 6) is 0.979. The molecule has 0 aliphatic heterocycles. The first kappa shape index (κ1) is 18.6. The monoisotopic (exact) mass is 351 g/mol. The molecule has 0 bridgehead atoms. The molecule has 0 saturated carbocycles. The van der Waals surface area contributed by atoms with E-state index >= 15 is 0 Å². The Hall–Kier alpha value is -2.23. The predicted octanol–water partition coefficient (Wildman–Crippen LogP) is 4.90. The van der Waals surface area contributed by atoms with Gasteiger partial charge in [0.15, 0.2) is 5.78 Å². The third kappa shape index (κ3) is 4.12. The van der Waals surface area contributed by atoms with Crippen molar-refractivity contribution in [2.45, 2.75) is 64.7 Å². The molecule has 2 aromatic rings. The van der Waals surface area contributed by atoms with Gasteiger partial charge in [-0.25, -0.2) is 9.97 Å². The van der Waals surface area contributed by atoms with Crippen LogP contribution in [0.1, 0.15) is 80.1 Å². The highest BCUT2D eigenvalue weighted by atomic mass is 16.1. The van der Waals surface area contributed by atoms with Crippen LogP contribution >= 0.6 is 0 Å². The van der Waals surface area contributed by atoms with E-state index in [0.29, 0.717) is 17.9 Å². The van der Waals surface area contributed by atoms with Crippen LogP contribution in [0.4, 0.5) is 5.95 Å². The second-order valence-electron chi connectivity index (χ2n) is 8.23. The summed E-state index contributed by atoms with van der Waals surface area (Å²) in [6.07, 6.45) is 5.23. The molecule has 4 heteroatoms. The van der Waals surface area contributed by atoms with Crippen molar-refractivity contribution in [3.63, 3.8) is 0 Å². The Labute approximate surface area is 156 Å². The van der Waals surface area contributed by atoms with Crippen LogP contribution < -0.4 is 5.32 Å². The van der Waals surface area contributed by atoms with Gasteiger partial charge in [0.1, 0.15) is 0 Å². The van der Waals surface area contributed by atoms with E-state index in [2.05, 4.69) is 67.2 Å². The highest BCUT2D eigenvalue weighted by Crippen LogP contribution is 2.33. The number of nitrogens with zero attached hydrogens (tertiary/aromatic N) is 2. The molecule has 1 unspecified atom stereocenters. The molecule has 138 valence electrons. The van der Waals surface area contributed by atoms with Crippen LogP contribution in [0.15, 0.2) is 30.5 Å². The number of carbonyl (C=O) groups is 1. The number of aromatic nitrogens is 2. The van der Waals surface area contributed by atoms with E-state index in [9.17, 15) is 4.79 Å². The van der Waals surface area contributed by atoms with E-state index in [0.717, 1.165) is 31.5 Å². The van der Waals surface area contributed by atoms with Crippen molar-refractivity contribution in [2.24, 2.45) is 0 Å². The number of hydrogen-bond acceptors (Lipinski definition) is 4. The van der Waals surface area contributed by atoms with E-state index in [1.807, 2.05) is 0 Å². The molecule has 0 amide bonds. The summed E-state index contributed by atoms with van der Waals surface area (Å²) in [5.41, 5.74) is 4.23. The first-order chi connectivity index (χ1) is 12.4. The molecule has 4 nitrogen and oxygen atoms in total. The van der Waals surface area contributed by atoms with Gasteiger partial charge in [-0.1, -0.05) is 58.4 Å². The summed E-state index contributed by atoms with van der Waals surface area (Å²) >= 11 is 0. The number of anilines is 1. The molecular weight excluding hydrogens is 322 g/mol. The smallest absolute Gasteiger partial charge is 0.222 e. The quantitative estimate of drug-likeness (QED) is 0.779. The fourth-order valence-electron chi connectivity index (χ4n) is 3.40. The summed E-state index contributed by atoms with van der Waals surface area (Å²) < 4.78 is 0. The fraction of sp³-hybridized carbons (Fsp3) is 0.500. The summed E-state index contributed by atoms with van der Waals surface area (Å²) in [5, 5.41) is 3.26. The van der Waals surface area contributed by atoms with Gasteiger partial charge in [-0.15, -0.1) is 0 Å². The van der Waals surface area contributed by atoms with Crippen molar-refractivity contribution in [3.05, 3.63) is 52.8 Å². The van der Waals surface area contributed by atoms with Crippen LogP contribution in [0.2, 0.25) is 0 Å². The molecule has 1 aromatic heterocycles. The molecular formula is C22H29N3O. The zero-order valence-electron chi connectivity index (χ0n) is 16.3. The maximum atomic E-state index is 12.6. The van der Waals surface area contributed by atoms with Crippen LogP contribution in [0.3, 0.4) is 0 Å². The Bertz CT molecular complexity index is 775. The lowest BCUT2D eigenvalue weighted by atomic mass is 9.80. The lowest BCUT2D eigenvalue weighted by Crippen LogP contribution is -2.21. The van der Waals surface area contributed by atoms with Crippen LogP contribution in [0.5, 0.6) is 0 Å². The SMILES string of the molecule is CCCCNc1ncc2c(n1)CC(c1ccc(C(C)(C)C)cc1)CC2=O. The minimum Gasteiger partial charge on any atom is -0.354 e. The van der Waals surface area contributed by atoms with Crippen LogP contribution in [0.25, 0.3) is 0 Å². The van der Waals surface area contributed by atoms with Gasteiger partial charge in [0.2, 0.25) is 5.95 Å². The third-order valence-corrected chi connectivity index (χ3v) is 5.10. The topological polar surface area (TPSA) is 54.9 Å². The van der Waals surface area contributed by atoms with E-state index in [1.54, 1.807) is 6.20 Å². The minimum absolute atomic E-state index is 0.139. The largest absolute Gasteiger partial charge is 0.354 e. The predicted molar refractivity (Wildman–Crippen MR) is 106 cm³/mol. The van der Waals surface area contributed by atoms with Gasteiger partial charge in [-0.3, -0.25) is 4.79 Å². The van der Waals surface area contributed by atoms with E-state index in [1.165, 1.54) is 11.1 Å². The number of carbonyl (C=O) groups excluding carboxylic acids is 1.